The molecule has 1 atom stereocenters. The zero-order valence-electron chi connectivity index (χ0n) is 7.97. The summed E-state index contributed by atoms with van der Waals surface area (Å²) in [6.45, 7) is 2.36. The Labute approximate surface area is 94.0 Å². The van der Waals surface area contributed by atoms with Gasteiger partial charge in [0.25, 0.3) is 0 Å². The molecule has 0 spiro atoms. The molecule has 0 bridgehead atoms. The van der Waals surface area contributed by atoms with Gasteiger partial charge in [0.2, 0.25) is 0 Å². The molecule has 2 nitrogen and oxygen atoms in total. The van der Waals surface area contributed by atoms with Gasteiger partial charge in [-0.1, -0.05) is 36.2 Å². The maximum atomic E-state index is 6.07. The fourth-order valence-corrected chi connectivity index (χ4v) is 1.64. The molecule has 0 saturated carbocycles. The predicted molar refractivity (Wildman–Crippen MR) is 59.9 cm³/mol. The molecule has 0 fully saturated rings. The molecule has 1 aliphatic rings. The zero-order chi connectivity index (χ0) is 10.6. The molecule has 0 amide bonds. The van der Waals surface area contributed by atoms with Gasteiger partial charge in [-0.2, -0.15) is 0 Å². The maximum Gasteiger partial charge on any atom is 0.0930 e. The Morgan fingerprint density at radius 2 is 2.21 bits per heavy atom. The van der Waals surface area contributed by atoms with E-state index in [2.05, 4.69) is 4.84 Å². The molecule has 0 radical (unpaired) electrons. The summed E-state index contributed by atoms with van der Waals surface area (Å²) in [5.41, 5.74) is 0.880. The highest BCUT2D eigenvalue weighted by molar-refractivity contribution is 6.31. The zero-order valence-corrected chi connectivity index (χ0v) is 9.48. The van der Waals surface area contributed by atoms with E-state index >= 15 is 0 Å². The van der Waals surface area contributed by atoms with Gasteiger partial charge in [-0.15, -0.1) is 0 Å². The number of hydrogen-bond donors (Lipinski definition) is 1. The second kappa shape index (κ2) is 5.56. The molecule has 0 saturated heterocycles. The van der Waals surface area contributed by atoms with Crippen LogP contribution in [0.3, 0.4) is 0 Å². The van der Waals surface area contributed by atoms with Crippen molar-refractivity contribution in [3.8, 4) is 0 Å². The van der Waals surface area contributed by atoms with E-state index in [0.717, 1.165) is 17.0 Å². The highest BCUT2D eigenvalue weighted by Crippen LogP contribution is 2.25. The fraction of sp³-hybridized carbons (Fsp3) is 0.400. The van der Waals surface area contributed by atoms with Crippen LogP contribution in [-0.2, 0) is 4.84 Å². The molecule has 1 aliphatic carbocycles. The summed E-state index contributed by atoms with van der Waals surface area (Å²) in [6, 6.07) is 0. The first-order chi connectivity index (χ1) is 6.63. The Kier molecular flexibility index (Phi) is 4.69. The van der Waals surface area contributed by atoms with Gasteiger partial charge >= 0.3 is 0 Å². The molecule has 2 N–H and O–H groups in total. The van der Waals surface area contributed by atoms with Crippen LogP contribution in [-0.4, -0.2) is 6.61 Å². The van der Waals surface area contributed by atoms with Gasteiger partial charge in [0, 0.05) is 10.1 Å². The topological polar surface area (TPSA) is 35.2 Å². The molecule has 0 aromatic rings. The van der Waals surface area contributed by atoms with E-state index in [1.165, 1.54) is 0 Å². The fourth-order valence-electron chi connectivity index (χ4n) is 1.18. The molecular formula is C10H13Cl2NO. The van der Waals surface area contributed by atoms with Crippen LogP contribution in [0.5, 0.6) is 0 Å². The van der Waals surface area contributed by atoms with Gasteiger partial charge in [0.1, 0.15) is 0 Å². The van der Waals surface area contributed by atoms with Crippen molar-refractivity contribution in [3.05, 3.63) is 33.9 Å². The first kappa shape index (κ1) is 11.8. The van der Waals surface area contributed by atoms with E-state index in [4.69, 9.17) is 29.1 Å². The second-order valence-corrected chi connectivity index (χ2v) is 4.16. The lowest BCUT2D eigenvalue weighted by Gasteiger charge is -2.11. The van der Waals surface area contributed by atoms with Gasteiger partial charge in [0.05, 0.1) is 6.61 Å². The Morgan fingerprint density at radius 1 is 1.50 bits per heavy atom. The minimum absolute atomic E-state index is 0.284. The van der Waals surface area contributed by atoms with Gasteiger partial charge in [0.15, 0.2) is 0 Å². The Hall–Kier alpha value is -0.280. The smallest absolute Gasteiger partial charge is 0.0930 e. The molecule has 0 heterocycles. The Balaban J connectivity index is 2.93. The Bertz CT molecular complexity index is 294. The summed E-state index contributed by atoms with van der Waals surface area (Å²) in [5, 5.41) is 1.50. The van der Waals surface area contributed by atoms with Gasteiger partial charge in [-0.3, -0.25) is 4.84 Å². The lowest BCUT2D eigenvalue weighted by Crippen LogP contribution is -2.04. The van der Waals surface area contributed by atoms with E-state index in [-0.39, 0.29) is 5.92 Å². The third-order valence-electron chi connectivity index (χ3n) is 2.03. The number of nitrogens with two attached hydrogens (primary N) is 1. The van der Waals surface area contributed by atoms with Crippen LogP contribution in [0.15, 0.2) is 33.9 Å². The van der Waals surface area contributed by atoms with Crippen molar-refractivity contribution in [2.75, 3.05) is 6.61 Å². The van der Waals surface area contributed by atoms with Crippen LogP contribution in [0.2, 0.25) is 0 Å². The quantitative estimate of drug-likeness (QED) is 0.745. The summed E-state index contributed by atoms with van der Waals surface area (Å²) in [7, 11) is 0. The number of rotatable bonds is 2. The van der Waals surface area contributed by atoms with Crippen molar-refractivity contribution in [1.29, 1.82) is 0 Å². The number of hydrogen-bond acceptors (Lipinski definition) is 2. The van der Waals surface area contributed by atoms with Gasteiger partial charge in [-0.25, -0.2) is 5.90 Å². The van der Waals surface area contributed by atoms with Gasteiger partial charge in [-0.05, 0) is 30.1 Å². The SMILES string of the molecule is CC1C/C=C(Cl)/C=C(CON)\C=C/1Cl. The van der Waals surface area contributed by atoms with E-state index < -0.39 is 0 Å². The molecular weight excluding hydrogens is 221 g/mol. The van der Waals surface area contributed by atoms with E-state index in [0.29, 0.717) is 11.6 Å². The average Bonchev–Trinajstić information content (AvgIpc) is 2.13. The molecule has 14 heavy (non-hydrogen) atoms. The van der Waals surface area contributed by atoms with Gasteiger partial charge < -0.3 is 0 Å². The maximum absolute atomic E-state index is 6.07. The largest absolute Gasteiger partial charge is 0.300 e. The molecule has 0 aliphatic heterocycles. The minimum atomic E-state index is 0.284. The summed E-state index contributed by atoms with van der Waals surface area (Å²) < 4.78 is 0. The number of allylic oxidation sites excluding steroid dienone is 4. The molecule has 1 unspecified atom stereocenters. The van der Waals surface area contributed by atoms with Crippen molar-refractivity contribution in [2.45, 2.75) is 13.3 Å². The van der Waals surface area contributed by atoms with Crippen molar-refractivity contribution < 1.29 is 4.84 Å². The molecule has 4 heteroatoms. The first-order valence-electron chi connectivity index (χ1n) is 4.38. The lowest BCUT2D eigenvalue weighted by molar-refractivity contribution is 0.163. The lowest BCUT2D eigenvalue weighted by atomic mass is 10.0. The van der Waals surface area contributed by atoms with Crippen molar-refractivity contribution in [1.82, 2.24) is 0 Å². The van der Waals surface area contributed by atoms with Crippen molar-refractivity contribution in [2.24, 2.45) is 11.8 Å². The summed E-state index contributed by atoms with van der Waals surface area (Å²) >= 11 is 12.0. The van der Waals surface area contributed by atoms with E-state index in [1.54, 1.807) is 0 Å². The van der Waals surface area contributed by atoms with Crippen LogP contribution in [0.4, 0.5) is 0 Å². The van der Waals surface area contributed by atoms with E-state index in [9.17, 15) is 0 Å². The molecule has 0 aromatic heterocycles. The second-order valence-electron chi connectivity index (χ2n) is 3.29. The van der Waals surface area contributed by atoms with Crippen LogP contribution in [0.1, 0.15) is 13.3 Å². The standard InChI is InChI=1S/C10H13Cl2NO/c1-7-2-3-9(11)4-8(6-14-13)5-10(7)12/h3-5,7H,2,6,13H2,1H3/b8-4+,9-3-,10-5+. The Morgan fingerprint density at radius 3 is 2.86 bits per heavy atom. The first-order valence-corrected chi connectivity index (χ1v) is 5.14. The minimum Gasteiger partial charge on any atom is -0.300 e. The monoisotopic (exact) mass is 233 g/mol. The molecule has 0 aromatic carbocycles. The third kappa shape index (κ3) is 3.46. The predicted octanol–water partition coefficient (Wildman–Crippen LogP) is 3.09. The summed E-state index contributed by atoms with van der Waals surface area (Å²) in [6.07, 6.45) is 6.46. The van der Waals surface area contributed by atoms with Crippen LogP contribution in [0, 0.1) is 5.92 Å². The summed E-state index contributed by atoms with van der Waals surface area (Å²) in [4.78, 5) is 4.55. The van der Waals surface area contributed by atoms with Crippen LogP contribution < -0.4 is 5.90 Å². The van der Waals surface area contributed by atoms with E-state index in [1.807, 2.05) is 25.2 Å². The van der Waals surface area contributed by atoms with Crippen LogP contribution >= 0.6 is 23.2 Å². The molecule has 78 valence electrons. The highest BCUT2D eigenvalue weighted by Gasteiger charge is 2.09. The molecule has 1 rings (SSSR count). The third-order valence-corrected chi connectivity index (χ3v) is 2.78. The van der Waals surface area contributed by atoms with Crippen LogP contribution in [0.25, 0.3) is 0 Å². The number of halogens is 2. The summed E-state index contributed by atoms with van der Waals surface area (Å²) in [5.74, 6) is 5.28. The average molecular weight is 234 g/mol. The van der Waals surface area contributed by atoms with Crippen molar-refractivity contribution in [3.63, 3.8) is 0 Å². The van der Waals surface area contributed by atoms with Crippen molar-refractivity contribution >= 4 is 23.2 Å². The highest BCUT2D eigenvalue weighted by atomic mass is 35.5. The normalized spacial score (nSPS) is 34.3.